The van der Waals surface area contributed by atoms with Gasteiger partial charge in [-0.2, -0.15) is 0 Å². The predicted octanol–water partition coefficient (Wildman–Crippen LogP) is 6.52. The van der Waals surface area contributed by atoms with Gasteiger partial charge in [0.1, 0.15) is 10.6 Å². The quantitative estimate of drug-likeness (QED) is 0.217. The number of hydrogen-bond donors (Lipinski definition) is 3. The van der Waals surface area contributed by atoms with E-state index in [4.69, 9.17) is 27.1 Å². The monoisotopic (exact) mass is 581 g/mol. The Bertz CT molecular complexity index is 1630. The Morgan fingerprint density at radius 1 is 1.00 bits per heavy atom. The molecule has 11 heteroatoms. The molecular weight excluding hydrogens is 553 g/mol. The van der Waals surface area contributed by atoms with E-state index in [1.54, 1.807) is 30.5 Å². The Morgan fingerprint density at radius 3 is 2.50 bits per heavy atom. The van der Waals surface area contributed by atoms with Crippen LogP contribution in [-0.2, 0) is 10.0 Å². The molecule has 0 unspecified atom stereocenters. The van der Waals surface area contributed by atoms with Crippen molar-refractivity contribution >= 4 is 33.3 Å². The Balaban J connectivity index is 1.36. The van der Waals surface area contributed by atoms with Gasteiger partial charge in [0.2, 0.25) is 5.95 Å². The topological polar surface area (TPSA) is 119 Å². The molecule has 0 saturated heterocycles. The molecular formula is C29H29ClFN5O3S. The third-order valence-electron chi connectivity index (χ3n) is 6.70. The van der Waals surface area contributed by atoms with E-state index in [1.807, 2.05) is 19.1 Å². The van der Waals surface area contributed by atoms with Crippen LogP contribution in [0.1, 0.15) is 31.2 Å². The second kappa shape index (κ2) is 11.8. The lowest BCUT2D eigenvalue weighted by molar-refractivity contribution is 0.410. The number of sulfonamides is 1. The SMILES string of the molecule is Cc1ccc(Oc2ccc(NS(=O)(=O)c3ccccc3Cl)cc2F)c(-c2ccnc(NC3CCC(N)CC3)n2)c1. The van der Waals surface area contributed by atoms with Gasteiger partial charge in [-0.25, -0.2) is 22.8 Å². The van der Waals surface area contributed by atoms with Gasteiger partial charge in [-0.15, -0.1) is 0 Å². The molecule has 0 amide bonds. The van der Waals surface area contributed by atoms with Crippen LogP contribution in [0.15, 0.2) is 77.8 Å². The molecule has 8 nitrogen and oxygen atoms in total. The number of aromatic nitrogens is 2. The molecule has 0 bridgehead atoms. The number of anilines is 2. The summed E-state index contributed by atoms with van der Waals surface area (Å²) in [5, 5.41) is 3.46. The number of benzene rings is 3. The van der Waals surface area contributed by atoms with Crippen molar-refractivity contribution in [1.29, 1.82) is 0 Å². The van der Waals surface area contributed by atoms with Crippen LogP contribution in [0.2, 0.25) is 5.02 Å². The van der Waals surface area contributed by atoms with Crippen molar-refractivity contribution in [2.45, 2.75) is 49.6 Å². The first-order valence-corrected chi connectivity index (χ1v) is 14.7. The normalized spacial score (nSPS) is 17.3. The highest BCUT2D eigenvalue weighted by Gasteiger charge is 2.21. The highest BCUT2D eigenvalue weighted by Crippen LogP contribution is 2.36. The van der Waals surface area contributed by atoms with Gasteiger partial charge >= 0.3 is 0 Å². The third kappa shape index (κ3) is 6.52. The highest BCUT2D eigenvalue weighted by atomic mass is 35.5. The highest BCUT2D eigenvalue weighted by molar-refractivity contribution is 7.92. The van der Waals surface area contributed by atoms with Gasteiger partial charge in [0.25, 0.3) is 10.0 Å². The van der Waals surface area contributed by atoms with Crippen LogP contribution in [-0.4, -0.2) is 30.5 Å². The van der Waals surface area contributed by atoms with Crippen molar-refractivity contribution in [3.63, 3.8) is 0 Å². The third-order valence-corrected chi connectivity index (χ3v) is 8.58. The Morgan fingerprint density at radius 2 is 1.75 bits per heavy atom. The number of halogens is 2. The van der Waals surface area contributed by atoms with E-state index in [0.717, 1.165) is 37.3 Å². The zero-order valence-electron chi connectivity index (χ0n) is 21.8. The van der Waals surface area contributed by atoms with Crippen molar-refractivity contribution in [2.24, 2.45) is 5.73 Å². The second-order valence-electron chi connectivity index (χ2n) is 9.80. The summed E-state index contributed by atoms with van der Waals surface area (Å²) < 4.78 is 48.9. The molecule has 0 radical (unpaired) electrons. The van der Waals surface area contributed by atoms with E-state index >= 15 is 4.39 Å². The van der Waals surface area contributed by atoms with Crippen molar-refractivity contribution in [3.05, 3.63) is 89.3 Å². The summed E-state index contributed by atoms with van der Waals surface area (Å²) in [5.41, 5.74) is 8.31. The molecule has 3 aromatic carbocycles. The summed E-state index contributed by atoms with van der Waals surface area (Å²) in [6, 6.07) is 17.6. The fraction of sp³-hybridized carbons (Fsp3) is 0.241. The Labute approximate surface area is 237 Å². The summed E-state index contributed by atoms with van der Waals surface area (Å²) in [6.07, 6.45) is 5.50. The van der Waals surface area contributed by atoms with Gasteiger partial charge in [0, 0.05) is 29.9 Å². The standard InChI is InChI=1S/C29H29ClFN5O3S/c1-18-6-12-26(22(16-18)25-14-15-33-29(35-25)34-20-9-7-19(32)8-10-20)39-27-13-11-21(17-24(27)31)36-40(37,38)28-5-3-2-4-23(28)30/h2-6,11-17,19-20,36H,7-10,32H2,1H3,(H,33,34,35). The molecule has 208 valence electrons. The number of aryl methyl sites for hydroxylation is 1. The summed E-state index contributed by atoms with van der Waals surface area (Å²) in [4.78, 5) is 8.97. The van der Waals surface area contributed by atoms with Crippen LogP contribution < -0.4 is 20.5 Å². The van der Waals surface area contributed by atoms with Gasteiger partial charge in [-0.1, -0.05) is 35.4 Å². The molecule has 0 aliphatic heterocycles. The Hall–Kier alpha value is -3.73. The van der Waals surface area contributed by atoms with E-state index < -0.39 is 15.8 Å². The fourth-order valence-corrected chi connectivity index (χ4v) is 6.17. The molecule has 1 saturated carbocycles. The van der Waals surface area contributed by atoms with Crippen molar-refractivity contribution < 1.29 is 17.5 Å². The van der Waals surface area contributed by atoms with E-state index in [-0.39, 0.29) is 33.4 Å². The van der Waals surface area contributed by atoms with Crippen LogP contribution in [0.25, 0.3) is 11.3 Å². The first kappa shape index (κ1) is 27.8. The van der Waals surface area contributed by atoms with Gasteiger partial charge < -0.3 is 15.8 Å². The second-order valence-corrected chi connectivity index (χ2v) is 11.9. The van der Waals surface area contributed by atoms with Crippen LogP contribution in [0.5, 0.6) is 11.5 Å². The smallest absolute Gasteiger partial charge is 0.263 e. The first-order valence-electron chi connectivity index (χ1n) is 12.9. The minimum Gasteiger partial charge on any atom is -0.454 e. The minimum absolute atomic E-state index is 0.0316. The van der Waals surface area contributed by atoms with Crippen molar-refractivity contribution in [3.8, 4) is 22.8 Å². The number of hydrogen-bond acceptors (Lipinski definition) is 7. The largest absolute Gasteiger partial charge is 0.454 e. The number of rotatable bonds is 8. The van der Waals surface area contributed by atoms with Crippen LogP contribution in [0.4, 0.5) is 16.0 Å². The zero-order valence-corrected chi connectivity index (χ0v) is 23.3. The van der Waals surface area contributed by atoms with Crippen molar-refractivity contribution in [1.82, 2.24) is 9.97 Å². The van der Waals surface area contributed by atoms with Crippen LogP contribution in [0.3, 0.4) is 0 Å². The maximum absolute atomic E-state index is 15.1. The molecule has 1 aliphatic rings. The van der Waals surface area contributed by atoms with Gasteiger partial charge in [-0.05, 0) is 75.1 Å². The maximum atomic E-state index is 15.1. The van der Waals surface area contributed by atoms with Crippen molar-refractivity contribution in [2.75, 3.05) is 10.0 Å². The molecule has 1 aromatic heterocycles. The molecule has 1 heterocycles. The lowest BCUT2D eigenvalue weighted by Gasteiger charge is -2.26. The van der Waals surface area contributed by atoms with Gasteiger partial charge in [0.05, 0.1) is 16.4 Å². The maximum Gasteiger partial charge on any atom is 0.263 e. The average molecular weight is 582 g/mol. The molecule has 40 heavy (non-hydrogen) atoms. The summed E-state index contributed by atoms with van der Waals surface area (Å²) in [5.74, 6) is 0.0807. The van der Waals surface area contributed by atoms with E-state index in [0.29, 0.717) is 23.0 Å². The average Bonchev–Trinajstić information content (AvgIpc) is 2.92. The molecule has 1 fully saturated rings. The lowest BCUT2D eigenvalue weighted by atomic mass is 9.92. The molecule has 4 N–H and O–H groups in total. The number of nitrogens with two attached hydrogens (primary N) is 1. The zero-order chi connectivity index (χ0) is 28.3. The lowest BCUT2D eigenvalue weighted by Crippen LogP contribution is -2.33. The Kier molecular flexibility index (Phi) is 8.20. The van der Waals surface area contributed by atoms with Crippen LogP contribution >= 0.6 is 11.6 Å². The van der Waals surface area contributed by atoms with E-state index in [1.165, 1.54) is 24.3 Å². The fourth-order valence-electron chi connectivity index (χ4n) is 4.60. The number of nitrogens with one attached hydrogen (secondary N) is 2. The summed E-state index contributed by atoms with van der Waals surface area (Å²) >= 11 is 6.03. The summed E-state index contributed by atoms with van der Waals surface area (Å²) in [6.45, 7) is 1.94. The van der Waals surface area contributed by atoms with Gasteiger partial charge in [0.15, 0.2) is 11.6 Å². The minimum atomic E-state index is -4.01. The molecule has 0 atom stereocenters. The number of ether oxygens (including phenoxy) is 1. The van der Waals surface area contributed by atoms with Gasteiger partial charge in [-0.3, -0.25) is 4.72 Å². The molecule has 4 aromatic rings. The van der Waals surface area contributed by atoms with E-state index in [2.05, 4.69) is 15.0 Å². The summed E-state index contributed by atoms with van der Waals surface area (Å²) in [7, 11) is -4.01. The molecule has 1 aliphatic carbocycles. The number of nitrogens with zero attached hydrogens (tertiary/aromatic N) is 2. The molecule has 0 spiro atoms. The van der Waals surface area contributed by atoms with Crippen LogP contribution in [0, 0.1) is 12.7 Å². The van der Waals surface area contributed by atoms with E-state index in [9.17, 15) is 8.42 Å². The predicted molar refractivity (Wildman–Crippen MR) is 155 cm³/mol. The molecule has 5 rings (SSSR count). The first-order chi connectivity index (χ1) is 19.2.